The average molecular weight is 313 g/mol. The monoisotopic (exact) mass is 313 g/mol. The van der Waals surface area contributed by atoms with E-state index in [0.717, 1.165) is 24.9 Å². The number of nitrogens with zero attached hydrogens (tertiary/aromatic N) is 1. The van der Waals surface area contributed by atoms with Crippen LogP contribution in [0.5, 0.6) is 0 Å². The van der Waals surface area contributed by atoms with Gasteiger partial charge in [0.2, 0.25) is 11.8 Å². The van der Waals surface area contributed by atoms with Gasteiger partial charge in [0.25, 0.3) is 0 Å². The van der Waals surface area contributed by atoms with Crippen molar-refractivity contribution in [3.05, 3.63) is 41.8 Å². The lowest BCUT2D eigenvalue weighted by Gasteiger charge is -2.28. The van der Waals surface area contributed by atoms with Crippen LogP contribution in [0.2, 0.25) is 0 Å². The standard InChI is InChI=1S/C18H23N3O2/c1-12-10-15(8-9-19-12)20-17(22)11-16-13(2)23-18(21-16)14-6-4-3-5-7-14/h3-7,12,15,19H,8-11H2,1-2H3,(H,20,22). The predicted molar refractivity (Wildman–Crippen MR) is 89.0 cm³/mol. The Kier molecular flexibility index (Phi) is 4.76. The first-order valence-electron chi connectivity index (χ1n) is 8.16. The van der Waals surface area contributed by atoms with Gasteiger partial charge < -0.3 is 15.1 Å². The van der Waals surface area contributed by atoms with Gasteiger partial charge in [-0.1, -0.05) is 18.2 Å². The van der Waals surface area contributed by atoms with Gasteiger partial charge in [0.15, 0.2) is 0 Å². The van der Waals surface area contributed by atoms with Gasteiger partial charge in [-0.2, -0.15) is 0 Å². The van der Waals surface area contributed by atoms with Gasteiger partial charge in [-0.15, -0.1) is 0 Å². The number of carbonyl (C=O) groups is 1. The van der Waals surface area contributed by atoms with E-state index in [4.69, 9.17) is 4.42 Å². The highest BCUT2D eigenvalue weighted by Crippen LogP contribution is 2.21. The molecule has 0 saturated carbocycles. The molecule has 2 N–H and O–H groups in total. The molecule has 2 aromatic rings. The van der Waals surface area contributed by atoms with Crippen LogP contribution in [0.25, 0.3) is 11.5 Å². The van der Waals surface area contributed by atoms with Gasteiger partial charge in [-0.05, 0) is 45.4 Å². The van der Waals surface area contributed by atoms with E-state index in [1.54, 1.807) is 0 Å². The smallest absolute Gasteiger partial charge is 0.226 e. The fraction of sp³-hybridized carbons (Fsp3) is 0.444. The highest BCUT2D eigenvalue weighted by Gasteiger charge is 2.21. The number of rotatable bonds is 4. The van der Waals surface area contributed by atoms with Crippen molar-refractivity contribution in [2.45, 2.75) is 45.2 Å². The van der Waals surface area contributed by atoms with E-state index >= 15 is 0 Å². The molecule has 5 heteroatoms. The number of carbonyl (C=O) groups excluding carboxylic acids is 1. The summed E-state index contributed by atoms with van der Waals surface area (Å²) in [6, 6.07) is 10.4. The number of benzene rings is 1. The number of piperidine rings is 1. The van der Waals surface area contributed by atoms with E-state index in [9.17, 15) is 4.79 Å². The second-order valence-electron chi connectivity index (χ2n) is 6.21. The van der Waals surface area contributed by atoms with Crippen molar-refractivity contribution >= 4 is 5.91 Å². The van der Waals surface area contributed by atoms with E-state index in [1.807, 2.05) is 37.3 Å². The summed E-state index contributed by atoms with van der Waals surface area (Å²) in [6.07, 6.45) is 2.21. The Bertz CT molecular complexity index is 666. The Hall–Kier alpha value is -2.14. The number of hydrogen-bond acceptors (Lipinski definition) is 4. The number of aromatic nitrogens is 1. The second-order valence-corrected chi connectivity index (χ2v) is 6.21. The van der Waals surface area contributed by atoms with Crippen molar-refractivity contribution in [1.82, 2.24) is 15.6 Å². The number of nitrogens with one attached hydrogen (secondary N) is 2. The Labute approximate surface area is 136 Å². The lowest BCUT2D eigenvalue weighted by molar-refractivity contribution is -0.121. The molecule has 1 saturated heterocycles. The first-order valence-corrected chi connectivity index (χ1v) is 8.16. The summed E-state index contributed by atoms with van der Waals surface area (Å²) in [5.41, 5.74) is 1.64. The summed E-state index contributed by atoms with van der Waals surface area (Å²) in [7, 11) is 0. The Morgan fingerprint density at radius 3 is 2.91 bits per heavy atom. The number of aryl methyl sites for hydroxylation is 1. The van der Waals surface area contributed by atoms with Crippen LogP contribution in [0.4, 0.5) is 0 Å². The summed E-state index contributed by atoms with van der Waals surface area (Å²) in [4.78, 5) is 16.8. The van der Waals surface area contributed by atoms with Crippen molar-refractivity contribution < 1.29 is 9.21 Å². The van der Waals surface area contributed by atoms with Crippen LogP contribution in [-0.2, 0) is 11.2 Å². The molecule has 1 aliphatic heterocycles. The number of amides is 1. The zero-order chi connectivity index (χ0) is 16.2. The van der Waals surface area contributed by atoms with Crippen LogP contribution in [-0.4, -0.2) is 29.5 Å². The first kappa shape index (κ1) is 15.7. The van der Waals surface area contributed by atoms with Crippen molar-refractivity contribution in [3.63, 3.8) is 0 Å². The third-order valence-corrected chi connectivity index (χ3v) is 4.23. The van der Waals surface area contributed by atoms with Crippen molar-refractivity contribution in [1.29, 1.82) is 0 Å². The van der Waals surface area contributed by atoms with Crippen LogP contribution >= 0.6 is 0 Å². The van der Waals surface area contributed by atoms with Gasteiger partial charge in [-0.25, -0.2) is 4.98 Å². The summed E-state index contributed by atoms with van der Waals surface area (Å²) >= 11 is 0. The summed E-state index contributed by atoms with van der Waals surface area (Å²) in [5.74, 6) is 1.29. The van der Waals surface area contributed by atoms with Crippen LogP contribution < -0.4 is 10.6 Å². The number of hydrogen-bond donors (Lipinski definition) is 2. The largest absolute Gasteiger partial charge is 0.441 e. The highest BCUT2D eigenvalue weighted by molar-refractivity contribution is 5.78. The molecular weight excluding hydrogens is 290 g/mol. The van der Waals surface area contributed by atoms with Crippen molar-refractivity contribution in [3.8, 4) is 11.5 Å². The fourth-order valence-electron chi connectivity index (χ4n) is 2.99. The normalized spacial score (nSPS) is 21.1. The maximum Gasteiger partial charge on any atom is 0.226 e. The first-order chi connectivity index (χ1) is 11.1. The third kappa shape index (κ3) is 3.99. The van der Waals surface area contributed by atoms with E-state index in [0.29, 0.717) is 23.4 Å². The minimum atomic E-state index is 0.0140. The Morgan fingerprint density at radius 1 is 1.39 bits per heavy atom. The topological polar surface area (TPSA) is 67.2 Å². The maximum absolute atomic E-state index is 12.3. The molecule has 0 bridgehead atoms. The molecular formula is C18H23N3O2. The Balaban J connectivity index is 1.63. The molecule has 1 aromatic carbocycles. The minimum Gasteiger partial charge on any atom is -0.441 e. The second kappa shape index (κ2) is 6.96. The molecule has 122 valence electrons. The molecule has 2 atom stereocenters. The van der Waals surface area contributed by atoms with E-state index < -0.39 is 0 Å². The number of oxazole rings is 1. The van der Waals surface area contributed by atoms with Gasteiger partial charge >= 0.3 is 0 Å². The molecule has 1 aliphatic rings. The predicted octanol–water partition coefficient (Wildman–Crippen LogP) is 2.45. The highest BCUT2D eigenvalue weighted by atomic mass is 16.4. The van der Waals surface area contributed by atoms with Crippen LogP contribution in [0.3, 0.4) is 0 Å². The van der Waals surface area contributed by atoms with E-state index in [-0.39, 0.29) is 18.4 Å². The minimum absolute atomic E-state index is 0.0140. The molecule has 0 radical (unpaired) electrons. The van der Waals surface area contributed by atoms with Crippen LogP contribution in [0.15, 0.2) is 34.7 Å². The molecule has 1 aromatic heterocycles. The lowest BCUT2D eigenvalue weighted by atomic mass is 10.0. The molecule has 2 unspecified atom stereocenters. The molecule has 3 rings (SSSR count). The Morgan fingerprint density at radius 2 is 2.17 bits per heavy atom. The van der Waals surface area contributed by atoms with Crippen molar-refractivity contribution in [2.75, 3.05) is 6.54 Å². The van der Waals surface area contributed by atoms with Gasteiger partial charge in [0, 0.05) is 17.6 Å². The summed E-state index contributed by atoms with van der Waals surface area (Å²) in [5, 5.41) is 6.50. The fourth-order valence-corrected chi connectivity index (χ4v) is 2.99. The van der Waals surface area contributed by atoms with Crippen LogP contribution in [0.1, 0.15) is 31.2 Å². The molecule has 2 heterocycles. The zero-order valence-corrected chi connectivity index (χ0v) is 13.6. The summed E-state index contributed by atoms with van der Waals surface area (Å²) in [6.45, 7) is 4.95. The molecule has 1 amide bonds. The van der Waals surface area contributed by atoms with E-state index in [2.05, 4.69) is 22.5 Å². The lowest BCUT2D eigenvalue weighted by Crippen LogP contribution is -2.47. The zero-order valence-electron chi connectivity index (χ0n) is 13.6. The summed E-state index contributed by atoms with van der Waals surface area (Å²) < 4.78 is 5.71. The van der Waals surface area contributed by atoms with E-state index in [1.165, 1.54) is 0 Å². The molecule has 5 nitrogen and oxygen atoms in total. The van der Waals surface area contributed by atoms with Gasteiger partial charge in [0.05, 0.1) is 12.1 Å². The van der Waals surface area contributed by atoms with Gasteiger partial charge in [-0.3, -0.25) is 4.79 Å². The average Bonchev–Trinajstić information content (AvgIpc) is 2.89. The van der Waals surface area contributed by atoms with Crippen LogP contribution in [0, 0.1) is 6.92 Å². The van der Waals surface area contributed by atoms with Gasteiger partial charge in [0.1, 0.15) is 5.76 Å². The quantitative estimate of drug-likeness (QED) is 0.910. The molecule has 1 fully saturated rings. The SMILES string of the molecule is Cc1oc(-c2ccccc2)nc1CC(=O)NC1CCNC(C)C1. The molecule has 0 spiro atoms. The van der Waals surface area contributed by atoms with Crippen molar-refractivity contribution in [2.24, 2.45) is 0 Å². The third-order valence-electron chi connectivity index (χ3n) is 4.23. The molecule has 0 aliphatic carbocycles. The maximum atomic E-state index is 12.3. The molecule has 23 heavy (non-hydrogen) atoms.